The van der Waals surface area contributed by atoms with Crippen LogP contribution in [0.3, 0.4) is 0 Å². The first-order chi connectivity index (χ1) is 6.77. The van der Waals surface area contributed by atoms with E-state index in [9.17, 15) is 9.90 Å². The topological polar surface area (TPSA) is 57.5 Å². The number of carbonyl (C=O) groups excluding carboxylic acids is 1. The van der Waals surface area contributed by atoms with Crippen LogP contribution in [-0.2, 0) is 6.61 Å². The first-order valence-corrected chi connectivity index (χ1v) is 4.94. The highest BCUT2D eigenvalue weighted by Crippen LogP contribution is 2.35. The molecule has 14 heavy (non-hydrogen) atoms. The molecule has 2 N–H and O–H groups in total. The lowest BCUT2D eigenvalue weighted by Crippen LogP contribution is -1.89. The molecule has 3 nitrogen and oxygen atoms in total. The fourth-order valence-electron chi connectivity index (χ4n) is 1.42. The summed E-state index contributed by atoms with van der Waals surface area (Å²) in [5.74, 6) is 0.0723. The lowest BCUT2D eigenvalue weighted by molar-refractivity contribution is 0.112. The number of rotatable bonds is 2. The minimum Gasteiger partial charge on any atom is -0.506 e. The normalized spacial score (nSPS) is 10.6. The van der Waals surface area contributed by atoms with Gasteiger partial charge in [-0.15, -0.1) is 11.3 Å². The van der Waals surface area contributed by atoms with Crippen molar-refractivity contribution < 1.29 is 15.0 Å². The molecule has 0 fully saturated rings. The third-order valence-corrected chi connectivity index (χ3v) is 3.04. The number of hydrogen-bond donors (Lipinski definition) is 2. The van der Waals surface area contributed by atoms with Crippen LogP contribution >= 0.6 is 11.3 Å². The second kappa shape index (κ2) is 3.40. The Bertz CT molecular complexity index is 487. The van der Waals surface area contributed by atoms with Crippen LogP contribution in [0.2, 0.25) is 0 Å². The summed E-state index contributed by atoms with van der Waals surface area (Å²) in [4.78, 5) is 10.7. The average molecular weight is 208 g/mol. The van der Waals surface area contributed by atoms with Crippen molar-refractivity contribution in [1.29, 1.82) is 0 Å². The maximum Gasteiger partial charge on any atom is 0.150 e. The Morgan fingerprint density at radius 1 is 1.50 bits per heavy atom. The van der Waals surface area contributed by atoms with Gasteiger partial charge in [-0.05, 0) is 17.5 Å². The molecule has 0 aliphatic heterocycles. The van der Waals surface area contributed by atoms with Crippen molar-refractivity contribution in [3.63, 3.8) is 0 Å². The third kappa shape index (κ3) is 1.20. The van der Waals surface area contributed by atoms with Gasteiger partial charge in [0, 0.05) is 16.5 Å². The maximum absolute atomic E-state index is 10.7. The van der Waals surface area contributed by atoms with Crippen LogP contribution < -0.4 is 0 Å². The molecule has 0 saturated carbocycles. The Balaban J connectivity index is 2.86. The third-order valence-electron chi connectivity index (χ3n) is 2.12. The number of thiophene rings is 1. The van der Waals surface area contributed by atoms with E-state index in [-0.39, 0.29) is 12.4 Å². The molecule has 1 aromatic carbocycles. The minimum atomic E-state index is -0.263. The van der Waals surface area contributed by atoms with Gasteiger partial charge in [0.15, 0.2) is 6.29 Å². The van der Waals surface area contributed by atoms with Crippen LogP contribution in [0.25, 0.3) is 10.1 Å². The van der Waals surface area contributed by atoms with Crippen molar-refractivity contribution in [3.8, 4) is 5.75 Å². The van der Waals surface area contributed by atoms with E-state index in [1.165, 1.54) is 17.4 Å². The van der Waals surface area contributed by atoms with Gasteiger partial charge in [0.2, 0.25) is 0 Å². The smallest absolute Gasteiger partial charge is 0.150 e. The average Bonchev–Trinajstić information content (AvgIpc) is 2.68. The van der Waals surface area contributed by atoms with E-state index in [0.29, 0.717) is 15.8 Å². The lowest BCUT2D eigenvalue weighted by Gasteiger charge is -2.04. The molecule has 0 unspecified atom stereocenters. The van der Waals surface area contributed by atoms with E-state index < -0.39 is 0 Å². The van der Waals surface area contributed by atoms with E-state index in [1.54, 1.807) is 11.4 Å². The van der Waals surface area contributed by atoms with Crippen molar-refractivity contribution in [2.45, 2.75) is 6.61 Å². The monoisotopic (exact) mass is 208 g/mol. The molecular formula is C10H8O3S. The predicted octanol–water partition coefficient (Wildman–Crippen LogP) is 1.91. The van der Waals surface area contributed by atoms with Gasteiger partial charge in [-0.1, -0.05) is 0 Å². The molecule has 72 valence electrons. The summed E-state index contributed by atoms with van der Waals surface area (Å²) in [6.07, 6.45) is 0.730. The Kier molecular flexibility index (Phi) is 2.23. The number of benzene rings is 1. The van der Waals surface area contributed by atoms with E-state index in [1.807, 2.05) is 0 Å². The Labute approximate surface area is 84.2 Å². The van der Waals surface area contributed by atoms with Crippen LogP contribution in [0, 0.1) is 0 Å². The van der Waals surface area contributed by atoms with Crippen molar-refractivity contribution in [2.75, 3.05) is 0 Å². The summed E-state index contributed by atoms with van der Waals surface area (Å²) >= 11 is 1.35. The Morgan fingerprint density at radius 2 is 2.29 bits per heavy atom. The van der Waals surface area contributed by atoms with Crippen LogP contribution in [0.15, 0.2) is 17.5 Å². The highest BCUT2D eigenvalue weighted by molar-refractivity contribution is 7.17. The molecular weight excluding hydrogens is 200 g/mol. The SMILES string of the molecule is O=Cc1cc(CO)c(O)c2sccc12. The van der Waals surface area contributed by atoms with Gasteiger partial charge in [-0.2, -0.15) is 0 Å². The van der Waals surface area contributed by atoms with Crippen LogP contribution in [0.1, 0.15) is 15.9 Å². The van der Waals surface area contributed by atoms with Crippen molar-refractivity contribution >= 4 is 27.7 Å². The largest absolute Gasteiger partial charge is 0.506 e. The van der Waals surface area contributed by atoms with Gasteiger partial charge in [0.25, 0.3) is 0 Å². The maximum atomic E-state index is 10.7. The number of aromatic hydroxyl groups is 1. The molecule has 2 rings (SSSR count). The second-order valence-corrected chi connectivity index (χ2v) is 3.83. The molecule has 2 aromatic rings. The van der Waals surface area contributed by atoms with Crippen LogP contribution in [-0.4, -0.2) is 16.5 Å². The van der Waals surface area contributed by atoms with Crippen molar-refractivity contribution in [1.82, 2.24) is 0 Å². The molecule has 0 radical (unpaired) electrons. The highest BCUT2D eigenvalue weighted by Gasteiger charge is 2.11. The first-order valence-electron chi connectivity index (χ1n) is 4.06. The summed E-state index contributed by atoms with van der Waals surface area (Å²) in [6.45, 7) is -0.263. The molecule has 0 aliphatic carbocycles. The molecule has 1 aromatic heterocycles. The Morgan fingerprint density at radius 3 is 2.93 bits per heavy atom. The quantitative estimate of drug-likeness (QED) is 0.741. The number of fused-ring (bicyclic) bond motifs is 1. The molecule has 0 aliphatic rings. The molecule has 1 heterocycles. The van der Waals surface area contributed by atoms with Gasteiger partial charge >= 0.3 is 0 Å². The van der Waals surface area contributed by atoms with Crippen LogP contribution in [0.4, 0.5) is 0 Å². The first kappa shape index (κ1) is 9.18. The van der Waals surface area contributed by atoms with Gasteiger partial charge in [0.05, 0.1) is 11.3 Å². The van der Waals surface area contributed by atoms with Gasteiger partial charge in [-0.3, -0.25) is 4.79 Å². The molecule has 0 saturated heterocycles. The zero-order chi connectivity index (χ0) is 10.1. The standard InChI is InChI=1S/C10H8O3S/c11-4-6-3-7(5-12)9(13)10-8(6)1-2-14-10/h1-4,12-13H,5H2. The minimum absolute atomic E-state index is 0.0723. The highest BCUT2D eigenvalue weighted by atomic mass is 32.1. The van der Waals surface area contributed by atoms with E-state index in [2.05, 4.69) is 0 Å². The zero-order valence-electron chi connectivity index (χ0n) is 7.23. The number of aliphatic hydroxyl groups is 1. The van der Waals surface area contributed by atoms with Crippen LogP contribution in [0.5, 0.6) is 5.75 Å². The summed E-state index contributed by atoms with van der Waals surface area (Å²) in [5, 5.41) is 21.2. The van der Waals surface area contributed by atoms with E-state index >= 15 is 0 Å². The molecule has 0 amide bonds. The van der Waals surface area contributed by atoms with E-state index in [0.717, 1.165) is 11.7 Å². The van der Waals surface area contributed by atoms with Crippen molar-refractivity contribution in [3.05, 3.63) is 28.6 Å². The Hall–Kier alpha value is -1.39. The van der Waals surface area contributed by atoms with Gasteiger partial charge in [0.1, 0.15) is 5.75 Å². The molecule has 0 spiro atoms. The molecule has 0 atom stereocenters. The fraction of sp³-hybridized carbons (Fsp3) is 0.100. The molecule has 4 heteroatoms. The summed E-state index contributed by atoms with van der Waals surface area (Å²) in [6, 6.07) is 3.29. The zero-order valence-corrected chi connectivity index (χ0v) is 8.04. The fourth-order valence-corrected chi connectivity index (χ4v) is 2.31. The number of phenols is 1. The van der Waals surface area contributed by atoms with E-state index in [4.69, 9.17) is 5.11 Å². The number of aldehydes is 1. The molecule has 0 bridgehead atoms. The second-order valence-electron chi connectivity index (χ2n) is 2.91. The van der Waals surface area contributed by atoms with Crippen molar-refractivity contribution in [2.24, 2.45) is 0 Å². The number of aliphatic hydroxyl groups excluding tert-OH is 1. The number of carbonyl (C=O) groups is 1. The predicted molar refractivity (Wildman–Crippen MR) is 54.8 cm³/mol. The van der Waals surface area contributed by atoms with Gasteiger partial charge in [-0.25, -0.2) is 0 Å². The lowest BCUT2D eigenvalue weighted by atomic mass is 10.1. The van der Waals surface area contributed by atoms with Gasteiger partial charge < -0.3 is 10.2 Å². The summed E-state index contributed by atoms with van der Waals surface area (Å²) in [5.41, 5.74) is 0.894. The number of hydrogen-bond acceptors (Lipinski definition) is 4. The summed E-state index contributed by atoms with van der Waals surface area (Å²) < 4.78 is 0.652. The summed E-state index contributed by atoms with van der Waals surface area (Å²) in [7, 11) is 0.